The Morgan fingerprint density at radius 3 is 2.92 bits per heavy atom. The molecule has 0 radical (unpaired) electrons. The highest BCUT2D eigenvalue weighted by Crippen LogP contribution is 2.19. The van der Waals surface area contributed by atoms with Crippen LogP contribution in [0.3, 0.4) is 0 Å². The van der Waals surface area contributed by atoms with Gasteiger partial charge in [0.1, 0.15) is 5.75 Å². The van der Waals surface area contributed by atoms with Crippen molar-refractivity contribution in [1.29, 1.82) is 0 Å². The summed E-state index contributed by atoms with van der Waals surface area (Å²) in [6, 6.07) is 4.90. The molecule has 0 atom stereocenters. The van der Waals surface area contributed by atoms with Crippen molar-refractivity contribution >= 4 is 12.0 Å². The molecule has 0 heterocycles. The van der Waals surface area contributed by atoms with Gasteiger partial charge in [0, 0.05) is 12.2 Å². The molecule has 1 rings (SSSR count). The minimum atomic E-state index is 0.0250. The Kier molecular flexibility index (Phi) is 3.31. The maximum Gasteiger partial charge on any atom is 0.153 e. The molecule has 0 saturated heterocycles. The van der Waals surface area contributed by atoms with Crippen molar-refractivity contribution in [2.45, 2.75) is 13.3 Å². The van der Waals surface area contributed by atoms with Crippen LogP contribution < -0.4 is 5.32 Å². The van der Waals surface area contributed by atoms with E-state index in [1.165, 1.54) is 6.07 Å². The lowest BCUT2D eigenvalue weighted by molar-refractivity contribution is 0.112. The second-order valence-corrected chi connectivity index (χ2v) is 2.82. The van der Waals surface area contributed by atoms with Crippen LogP contribution >= 0.6 is 0 Å². The van der Waals surface area contributed by atoms with Gasteiger partial charge in [0.05, 0.1) is 5.56 Å². The molecule has 13 heavy (non-hydrogen) atoms. The molecule has 0 unspecified atom stereocenters. The third-order valence-corrected chi connectivity index (χ3v) is 1.73. The summed E-state index contributed by atoms with van der Waals surface area (Å²) >= 11 is 0. The van der Waals surface area contributed by atoms with Crippen molar-refractivity contribution in [2.75, 3.05) is 11.9 Å². The minimum Gasteiger partial charge on any atom is -0.507 e. The lowest BCUT2D eigenvalue weighted by Gasteiger charge is -2.05. The zero-order chi connectivity index (χ0) is 9.68. The summed E-state index contributed by atoms with van der Waals surface area (Å²) in [5.41, 5.74) is 1.18. The fraction of sp³-hybridized carbons (Fsp3) is 0.300. The monoisotopic (exact) mass is 179 g/mol. The number of anilines is 1. The molecule has 0 amide bonds. The number of hydrogen-bond acceptors (Lipinski definition) is 3. The molecule has 1 aromatic carbocycles. The van der Waals surface area contributed by atoms with Crippen LogP contribution in [-0.2, 0) is 0 Å². The number of aromatic hydroxyl groups is 1. The molecule has 0 spiro atoms. The number of rotatable bonds is 4. The predicted molar refractivity (Wildman–Crippen MR) is 52.3 cm³/mol. The first-order chi connectivity index (χ1) is 6.27. The van der Waals surface area contributed by atoms with Crippen molar-refractivity contribution < 1.29 is 9.90 Å². The van der Waals surface area contributed by atoms with Crippen molar-refractivity contribution in [1.82, 2.24) is 0 Å². The summed E-state index contributed by atoms with van der Waals surface area (Å²) in [6.07, 6.45) is 1.67. The van der Waals surface area contributed by atoms with Crippen molar-refractivity contribution in [3.63, 3.8) is 0 Å². The molecule has 0 aromatic heterocycles. The van der Waals surface area contributed by atoms with Crippen molar-refractivity contribution in [2.24, 2.45) is 0 Å². The standard InChI is InChI=1S/C10H13NO2/c1-2-5-11-9-3-4-10(13)8(6-9)7-12/h3-4,6-7,11,13H,2,5H2,1H3. The van der Waals surface area contributed by atoms with E-state index in [1.54, 1.807) is 12.1 Å². The van der Waals surface area contributed by atoms with Gasteiger partial charge in [-0.2, -0.15) is 0 Å². The van der Waals surface area contributed by atoms with Gasteiger partial charge in [-0.15, -0.1) is 0 Å². The summed E-state index contributed by atoms with van der Waals surface area (Å²) in [7, 11) is 0. The molecule has 0 bridgehead atoms. The Balaban J connectivity index is 2.80. The first kappa shape index (κ1) is 9.58. The van der Waals surface area contributed by atoms with E-state index in [1.807, 2.05) is 0 Å². The number of benzene rings is 1. The van der Waals surface area contributed by atoms with Crippen LogP contribution in [0.5, 0.6) is 5.75 Å². The van der Waals surface area contributed by atoms with Crippen LogP contribution in [0.25, 0.3) is 0 Å². The maximum atomic E-state index is 10.5. The van der Waals surface area contributed by atoms with Crippen LogP contribution in [0.4, 0.5) is 5.69 Å². The Bertz CT molecular complexity index is 297. The van der Waals surface area contributed by atoms with Gasteiger partial charge in [0.15, 0.2) is 6.29 Å². The van der Waals surface area contributed by atoms with Crippen LogP contribution in [-0.4, -0.2) is 17.9 Å². The Morgan fingerprint density at radius 2 is 2.31 bits per heavy atom. The van der Waals surface area contributed by atoms with Gasteiger partial charge in [0.25, 0.3) is 0 Å². The van der Waals surface area contributed by atoms with Gasteiger partial charge in [-0.25, -0.2) is 0 Å². The lowest BCUT2D eigenvalue weighted by atomic mass is 10.2. The van der Waals surface area contributed by atoms with E-state index in [-0.39, 0.29) is 5.75 Å². The Hall–Kier alpha value is -1.51. The lowest BCUT2D eigenvalue weighted by Crippen LogP contribution is -1.99. The first-order valence-electron chi connectivity index (χ1n) is 4.30. The first-order valence-corrected chi connectivity index (χ1v) is 4.30. The molecule has 3 nitrogen and oxygen atoms in total. The molecule has 0 aliphatic heterocycles. The molecule has 3 heteroatoms. The fourth-order valence-corrected chi connectivity index (χ4v) is 1.03. The highest BCUT2D eigenvalue weighted by atomic mass is 16.3. The number of carbonyl (C=O) groups excluding carboxylic acids is 1. The zero-order valence-corrected chi connectivity index (χ0v) is 7.58. The molecule has 0 aliphatic rings. The zero-order valence-electron chi connectivity index (χ0n) is 7.58. The predicted octanol–water partition coefficient (Wildman–Crippen LogP) is 2.03. The van der Waals surface area contributed by atoms with E-state index in [4.69, 9.17) is 0 Å². The SMILES string of the molecule is CCCNc1ccc(O)c(C=O)c1. The van der Waals surface area contributed by atoms with Gasteiger partial charge in [-0.1, -0.05) is 6.92 Å². The number of phenols is 1. The molecule has 0 fully saturated rings. The number of phenolic OH excluding ortho intramolecular Hbond substituents is 1. The van der Waals surface area contributed by atoms with Crippen LogP contribution in [0.15, 0.2) is 18.2 Å². The van der Waals surface area contributed by atoms with E-state index in [2.05, 4.69) is 12.2 Å². The van der Waals surface area contributed by atoms with Gasteiger partial charge in [-0.05, 0) is 24.6 Å². The summed E-state index contributed by atoms with van der Waals surface area (Å²) in [6.45, 7) is 2.93. The average molecular weight is 179 g/mol. The topological polar surface area (TPSA) is 49.3 Å². The van der Waals surface area contributed by atoms with E-state index in [9.17, 15) is 9.90 Å². The highest BCUT2D eigenvalue weighted by molar-refractivity contribution is 5.81. The van der Waals surface area contributed by atoms with Crippen LogP contribution in [0.1, 0.15) is 23.7 Å². The van der Waals surface area contributed by atoms with Gasteiger partial charge < -0.3 is 10.4 Å². The summed E-state index contributed by atoms with van der Waals surface area (Å²) in [4.78, 5) is 10.5. The van der Waals surface area contributed by atoms with E-state index >= 15 is 0 Å². The number of aldehydes is 1. The van der Waals surface area contributed by atoms with Crippen molar-refractivity contribution in [3.05, 3.63) is 23.8 Å². The molecular weight excluding hydrogens is 166 g/mol. The molecule has 1 aromatic rings. The number of nitrogens with one attached hydrogen (secondary N) is 1. The van der Waals surface area contributed by atoms with Crippen molar-refractivity contribution in [3.8, 4) is 5.75 Å². The Morgan fingerprint density at radius 1 is 1.54 bits per heavy atom. The molecular formula is C10H13NO2. The number of hydrogen-bond donors (Lipinski definition) is 2. The number of carbonyl (C=O) groups is 1. The van der Waals surface area contributed by atoms with Gasteiger partial charge >= 0.3 is 0 Å². The van der Waals surface area contributed by atoms with Gasteiger partial charge in [0.2, 0.25) is 0 Å². The Labute approximate surface area is 77.4 Å². The maximum absolute atomic E-state index is 10.5. The van der Waals surface area contributed by atoms with E-state index in [0.717, 1.165) is 18.7 Å². The van der Waals surface area contributed by atoms with E-state index in [0.29, 0.717) is 11.8 Å². The second kappa shape index (κ2) is 4.50. The van der Waals surface area contributed by atoms with E-state index < -0.39 is 0 Å². The second-order valence-electron chi connectivity index (χ2n) is 2.82. The fourth-order valence-electron chi connectivity index (χ4n) is 1.03. The molecule has 0 saturated carbocycles. The molecule has 70 valence electrons. The quantitative estimate of drug-likeness (QED) is 0.549. The summed E-state index contributed by atoms with van der Waals surface area (Å²) in [5, 5.41) is 12.3. The van der Waals surface area contributed by atoms with Crippen LogP contribution in [0.2, 0.25) is 0 Å². The molecule has 2 N–H and O–H groups in total. The highest BCUT2D eigenvalue weighted by Gasteiger charge is 2.00. The summed E-state index contributed by atoms with van der Waals surface area (Å²) < 4.78 is 0. The average Bonchev–Trinajstić information content (AvgIpc) is 2.16. The smallest absolute Gasteiger partial charge is 0.153 e. The van der Waals surface area contributed by atoms with Gasteiger partial charge in [-0.3, -0.25) is 4.79 Å². The van der Waals surface area contributed by atoms with Crippen LogP contribution in [0, 0.1) is 0 Å². The normalized spacial score (nSPS) is 9.62. The summed E-state index contributed by atoms with van der Waals surface area (Å²) in [5.74, 6) is 0.0250. The third-order valence-electron chi connectivity index (χ3n) is 1.73. The minimum absolute atomic E-state index is 0.0250. The largest absolute Gasteiger partial charge is 0.507 e. The third kappa shape index (κ3) is 2.47. The molecule has 0 aliphatic carbocycles.